The Morgan fingerprint density at radius 3 is 2.08 bits per heavy atom. The van der Waals surface area contributed by atoms with E-state index >= 15 is 0 Å². The monoisotopic (exact) mass is 514 g/mol. The number of aromatic nitrogens is 2. The van der Waals surface area contributed by atoms with E-state index < -0.39 is 0 Å². The Hall–Kier alpha value is -4.73. The SMILES string of the molecule is c1ccc(-c2cc3ccccc3nc2-c2ccc(-c3cnc4cccc5c4c3-c3ccccc3S5)cc2)cc1. The molecular weight excluding hydrogens is 492 g/mol. The second kappa shape index (κ2) is 8.93. The average molecular weight is 515 g/mol. The van der Waals surface area contributed by atoms with Crippen LogP contribution in [0.25, 0.3) is 66.4 Å². The van der Waals surface area contributed by atoms with Crippen molar-refractivity contribution < 1.29 is 0 Å². The van der Waals surface area contributed by atoms with E-state index in [2.05, 4.69) is 121 Å². The number of fused-ring (bicyclic) bond motifs is 3. The van der Waals surface area contributed by atoms with Crippen LogP contribution in [0.5, 0.6) is 0 Å². The average Bonchev–Trinajstić information content (AvgIpc) is 3.01. The van der Waals surface area contributed by atoms with Crippen LogP contribution in [-0.2, 0) is 0 Å². The van der Waals surface area contributed by atoms with Crippen molar-refractivity contribution in [1.29, 1.82) is 0 Å². The van der Waals surface area contributed by atoms with Crippen molar-refractivity contribution in [2.45, 2.75) is 9.79 Å². The molecular formula is C36H22N2S. The minimum absolute atomic E-state index is 0.994. The Morgan fingerprint density at radius 2 is 1.18 bits per heavy atom. The van der Waals surface area contributed by atoms with Crippen LogP contribution in [0.3, 0.4) is 0 Å². The molecule has 2 nitrogen and oxygen atoms in total. The van der Waals surface area contributed by atoms with E-state index in [1.54, 1.807) is 0 Å². The highest BCUT2D eigenvalue weighted by Crippen LogP contribution is 2.50. The van der Waals surface area contributed by atoms with Crippen molar-refractivity contribution in [1.82, 2.24) is 9.97 Å². The number of benzene rings is 5. The molecule has 182 valence electrons. The summed E-state index contributed by atoms with van der Waals surface area (Å²) in [6, 6.07) is 45.1. The van der Waals surface area contributed by atoms with Gasteiger partial charge in [0.15, 0.2) is 0 Å². The van der Waals surface area contributed by atoms with Crippen LogP contribution in [0.2, 0.25) is 0 Å². The maximum atomic E-state index is 5.13. The molecule has 1 aliphatic rings. The number of para-hydroxylation sites is 1. The van der Waals surface area contributed by atoms with E-state index in [1.165, 1.54) is 31.9 Å². The molecule has 3 heteroatoms. The van der Waals surface area contributed by atoms with Gasteiger partial charge in [-0.3, -0.25) is 4.98 Å². The van der Waals surface area contributed by atoms with Gasteiger partial charge in [-0.1, -0.05) is 109 Å². The van der Waals surface area contributed by atoms with Gasteiger partial charge in [0.1, 0.15) is 0 Å². The summed E-state index contributed by atoms with van der Waals surface area (Å²) in [5.41, 5.74) is 11.3. The van der Waals surface area contributed by atoms with Gasteiger partial charge >= 0.3 is 0 Å². The highest BCUT2D eigenvalue weighted by Gasteiger charge is 2.23. The van der Waals surface area contributed by atoms with Crippen molar-refractivity contribution in [2.75, 3.05) is 0 Å². The smallest absolute Gasteiger partial charge is 0.0788 e. The molecule has 0 fully saturated rings. The number of rotatable bonds is 3. The van der Waals surface area contributed by atoms with Gasteiger partial charge in [-0.25, -0.2) is 4.98 Å². The van der Waals surface area contributed by atoms with Crippen molar-refractivity contribution in [3.05, 3.63) is 134 Å². The second-order valence-corrected chi connectivity index (χ2v) is 10.9. The molecule has 0 radical (unpaired) electrons. The lowest BCUT2D eigenvalue weighted by Crippen LogP contribution is -1.97. The van der Waals surface area contributed by atoms with Crippen LogP contribution in [0.15, 0.2) is 143 Å². The van der Waals surface area contributed by atoms with Gasteiger partial charge in [-0.2, -0.15) is 0 Å². The van der Waals surface area contributed by atoms with Crippen LogP contribution < -0.4 is 0 Å². The van der Waals surface area contributed by atoms with Gasteiger partial charge in [-0.05, 0) is 47.0 Å². The number of nitrogens with zero attached hydrogens (tertiary/aromatic N) is 2. The molecule has 0 amide bonds. The van der Waals surface area contributed by atoms with Crippen molar-refractivity contribution in [3.8, 4) is 44.6 Å². The maximum absolute atomic E-state index is 5.13. The Morgan fingerprint density at radius 1 is 0.487 bits per heavy atom. The standard InChI is InChI=1S/C36H22N2S/c1-2-9-23(10-3-1)28-21-26-11-4-6-13-30(26)38-36(28)25-19-17-24(18-20-25)29-22-37-31-14-8-16-33-35(31)34(29)27-12-5-7-15-32(27)39-33/h1-22H. The summed E-state index contributed by atoms with van der Waals surface area (Å²) in [5, 5.41) is 2.38. The molecule has 0 spiro atoms. The number of hydrogen-bond acceptors (Lipinski definition) is 3. The number of hydrogen-bond donors (Lipinski definition) is 0. The lowest BCUT2D eigenvalue weighted by Gasteiger charge is -2.22. The molecule has 2 aromatic heterocycles. The highest BCUT2D eigenvalue weighted by molar-refractivity contribution is 7.99. The summed E-state index contributed by atoms with van der Waals surface area (Å²) in [4.78, 5) is 12.6. The van der Waals surface area contributed by atoms with E-state index in [9.17, 15) is 0 Å². The quantitative estimate of drug-likeness (QED) is 0.235. The zero-order chi connectivity index (χ0) is 25.8. The third-order valence-corrected chi connectivity index (χ3v) is 8.65. The normalized spacial score (nSPS) is 12.0. The van der Waals surface area contributed by atoms with Crippen LogP contribution in [0, 0.1) is 0 Å². The van der Waals surface area contributed by atoms with E-state index in [0.717, 1.165) is 44.4 Å². The van der Waals surface area contributed by atoms with Crippen molar-refractivity contribution in [2.24, 2.45) is 0 Å². The molecule has 0 unspecified atom stereocenters. The molecule has 0 saturated heterocycles. The first kappa shape index (κ1) is 22.3. The van der Waals surface area contributed by atoms with Crippen molar-refractivity contribution in [3.63, 3.8) is 0 Å². The van der Waals surface area contributed by atoms with Crippen LogP contribution in [-0.4, -0.2) is 9.97 Å². The van der Waals surface area contributed by atoms with E-state index in [0.29, 0.717) is 0 Å². The predicted octanol–water partition coefficient (Wildman–Crippen LogP) is 9.92. The van der Waals surface area contributed by atoms with Crippen molar-refractivity contribution >= 4 is 33.6 Å². The third-order valence-electron chi connectivity index (χ3n) is 7.51. The Labute approximate surface area is 231 Å². The van der Waals surface area contributed by atoms with Gasteiger partial charge in [0.2, 0.25) is 0 Å². The zero-order valence-electron chi connectivity index (χ0n) is 21.0. The Balaban J connectivity index is 1.31. The minimum atomic E-state index is 0.994. The molecule has 0 atom stereocenters. The first-order valence-electron chi connectivity index (χ1n) is 13.1. The molecule has 8 rings (SSSR count). The zero-order valence-corrected chi connectivity index (χ0v) is 21.8. The summed E-state index contributed by atoms with van der Waals surface area (Å²) in [7, 11) is 0. The predicted molar refractivity (Wildman–Crippen MR) is 163 cm³/mol. The van der Waals surface area contributed by atoms with Gasteiger partial charge < -0.3 is 0 Å². The van der Waals surface area contributed by atoms with E-state index in [4.69, 9.17) is 9.97 Å². The second-order valence-electron chi connectivity index (χ2n) is 9.82. The Kier molecular flexibility index (Phi) is 5.10. The summed E-state index contributed by atoms with van der Waals surface area (Å²) >= 11 is 1.83. The maximum Gasteiger partial charge on any atom is 0.0788 e. The molecule has 0 aliphatic carbocycles. The van der Waals surface area contributed by atoms with Crippen LogP contribution in [0.1, 0.15) is 0 Å². The fourth-order valence-corrected chi connectivity index (χ4v) is 6.78. The first-order valence-corrected chi connectivity index (χ1v) is 13.9. The fourth-order valence-electron chi connectivity index (χ4n) is 5.66. The summed E-state index contributed by atoms with van der Waals surface area (Å²) in [6.45, 7) is 0. The molecule has 5 aromatic carbocycles. The van der Waals surface area contributed by atoms with Gasteiger partial charge in [0.25, 0.3) is 0 Å². The van der Waals surface area contributed by atoms with E-state index in [-0.39, 0.29) is 0 Å². The molecule has 1 aliphatic heterocycles. The first-order chi connectivity index (χ1) is 19.3. The molecule has 0 saturated carbocycles. The van der Waals surface area contributed by atoms with Gasteiger partial charge in [-0.15, -0.1) is 0 Å². The minimum Gasteiger partial charge on any atom is -0.256 e. The topological polar surface area (TPSA) is 25.8 Å². The Bertz CT molecular complexity index is 2030. The summed E-state index contributed by atoms with van der Waals surface area (Å²) in [6.07, 6.45) is 2.03. The summed E-state index contributed by atoms with van der Waals surface area (Å²) in [5.74, 6) is 0. The van der Waals surface area contributed by atoms with Gasteiger partial charge in [0, 0.05) is 49.0 Å². The van der Waals surface area contributed by atoms with Gasteiger partial charge in [0.05, 0.1) is 16.7 Å². The summed E-state index contributed by atoms with van der Waals surface area (Å²) < 4.78 is 0. The number of pyridine rings is 2. The third kappa shape index (κ3) is 3.66. The molecule has 7 aromatic rings. The fraction of sp³-hybridized carbons (Fsp3) is 0. The lowest BCUT2D eigenvalue weighted by atomic mass is 9.91. The largest absolute Gasteiger partial charge is 0.256 e. The van der Waals surface area contributed by atoms with Crippen LogP contribution >= 0.6 is 11.8 Å². The highest BCUT2D eigenvalue weighted by atomic mass is 32.2. The molecule has 0 bridgehead atoms. The molecule has 0 N–H and O–H groups in total. The molecule has 3 heterocycles. The van der Waals surface area contributed by atoms with E-state index in [1.807, 2.05) is 24.0 Å². The lowest BCUT2D eigenvalue weighted by molar-refractivity contribution is 1.34. The van der Waals surface area contributed by atoms with Crippen LogP contribution in [0.4, 0.5) is 0 Å². The molecule has 39 heavy (non-hydrogen) atoms.